The molecule has 0 saturated carbocycles. The van der Waals surface area contributed by atoms with E-state index in [9.17, 15) is 14.9 Å². The molecule has 1 aromatic rings. The number of amides is 1. The van der Waals surface area contributed by atoms with Gasteiger partial charge < -0.3 is 5.32 Å². The second-order valence-electron chi connectivity index (χ2n) is 5.28. The van der Waals surface area contributed by atoms with Crippen LogP contribution >= 0.6 is 11.6 Å². The molecule has 0 bridgehead atoms. The first kappa shape index (κ1) is 15.7. The topological polar surface area (TPSA) is 75.5 Å². The molecule has 1 saturated heterocycles. The Morgan fingerprint density at radius 3 is 2.95 bits per heavy atom. The van der Waals surface area contributed by atoms with Gasteiger partial charge >= 0.3 is 0 Å². The standard InChI is InChI=1S/C14H18ClN3O3/c1-10-4-2-3-7-17(10)9-14(19)16-12-8-11(15)5-6-13(12)18(20)21/h5-6,8,10H,2-4,7,9H2,1H3,(H,16,19)/t10-/m0/s1. The fourth-order valence-electron chi connectivity index (χ4n) is 2.53. The van der Waals surface area contributed by atoms with Crippen molar-refractivity contribution in [2.45, 2.75) is 32.2 Å². The van der Waals surface area contributed by atoms with Crippen molar-refractivity contribution in [2.75, 3.05) is 18.4 Å². The third-order valence-corrected chi connectivity index (χ3v) is 3.95. The minimum absolute atomic E-state index is 0.141. The molecule has 0 aromatic heterocycles. The number of carbonyl (C=O) groups is 1. The number of likely N-dealkylation sites (tertiary alicyclic amines) is 1. The number of rotatable bonds is 4. The molecule has 2 rings (SSSR count). The molecule has 1 aliphatic heterocycles. The van der Waals surface area contributed by atoms with Crippen LogP contribution in [0.4, 0.5) is 11.4 Å². The Hall–Kier alpha value is -1.66. The van der Waals surface area contributed by atoms with Crippen LogP contribution in [0.25, 0.3) is 0 Å². The maximum Gasteiger partial charge on any atom is 0.292 e. The van der Waals surface area contributed by atoms with E-state index >= 15 is 0 Å². The molecule has 114 valence electrons. The van der Waals surface area contributed by atoms with Crippen molar-refractivity contribution in [3.05, 3.63) is 33.3 Å². The van der Waals surface area contributed by atoms with E-state index in [0.717, 1.165) is 19.4 Å². The zero-order valence-corrected chi connectivity index (χ0v) is 12.6. The summed E-state index contributed by atoms with van der Waals surface area (Å²) in [4.78, 5) is 24.6. The number of hydrogen-bond acceptors (Lipinski definition) is 4. The largest absolute Gasteiger partial charge is 0.319 e. The molecule has 1 fully saturated rings. The highest BCUT2D eigenvalue weighted by Crippen LogP contribution is 2.27. The lowest BCUT2D eigenvalue weighted by Crippen LogP contribution is -2.42. The van der Waals surface area contributed by atoms with Crippen molar-refractivity contribution in [2.24, 2.45) is 0 Å². The number of nitro groups is 1. The zero-order valence-electron chi connectivity index (χ0n) is 11.8. The fourth-order valence-corrected chi connectivity index (χ4v) is 2.71. The Morgan fingerprint density at radius 1 is 1.52 bits per heavy atom. The summed E-state index contributed by atoms with van der Waals surface area (Å²) in [5.41, 5.74) is -0.0124. The van der Waals surface area contributed by atoms with Crippen molar-refractivity contribution in [1.29, 1.82) is 0 Å². The Bertz CT molecular complexity index is 550. The summed E-state index contributed by atoms with van der Waals surface area (Å²) >= 11 is 5.84. The molecule has 0 radical (unpaired) electrons. The molecular formula is C14H18ClN3O3. The zero-order chi connectivity index (χ0) is 15.4. The molecule has 6 nitrogen and oxygen atoms in total. The Balaban J connectivity index is 2.05. The number of nitrogens with one attached hydrogen (secondary N) is 1. The monoisotopic (exact) mass is 311 g/mol. The van der Waals surface area contributed by atoms with Gasteiger partial charge in [0, 0.05) is 17.1 Å². The average molecular weight is 312 g/mol. The van der Waals surface area contributed by atoms with Crippen molar-refractivity contribution >= 4 is 28.9 Å². The van der Waals surface area contributed by atoms with Gasteiger partial charge in [0.15, 0.2) is 0 Å². The molecule has 1 aliphatic rings. The summed E-state index contributed by atoms with van der Waals surface area (Å²) in [6.07, 6.45) is 3.33. The van der Waals surface area contributed by atoms with Gasteiger partial charge in [-0.3, -0.25) is 19.8 Å². The van der Waals surface area contributed by atoms with Crippen molar-refractivity contribution in [3.8, 4) is 0 Å². The Morgan fingerprint density at radius 2 is 2.29 bits per heavy atom. The summed E-state index contributed by atoms with van der Waals surface area (Å²) in [6, 6.07) is 4.49. The minimum Gasteiger partial charge on any atom is -0.319 e. The van der Waals surface area contributed by atoms with Gasteiger partial charge in [0.25, 0.3) is 5.69 Å². The first-order valence-electron chi connectivity index (χ1n) is 6.95. The van der Waals surface area contributed by atoms with Crippen LogP contribution in [0.2, 0.25) is 5.02 Å². The predicted octanol–water partition coefficient (Wildman–Crippen LogP) is 3.06. The van der Waals surface area contributed by atoms with Gasteiger partial charge in [-0.05, 0) is 38.4 Å². The van der Waals surface area contributed by atoms with Gasteiger partial charge in [-0.1, -0.05) is 18.0 Å². The lowest BCUT2D eigenvalue weighted by Gasteiger charge is -2.32. The van der Waals surface area contributed by atoms with Crippen molar-refractivity contribution < 1.29 is 9.72 Å². The normalized spacial score (nSPS) is 19.2. The summed E-state index contributed by atoms with van der Waals surface area (Å²) in [7, 11) is 0. The Kier molecular flexibility index (Phi) is 5.14. The summed E-state index contributed by atoms with van der Waals surface area (Å²) in [6.45, 7) is 3.21. The fraction of sp³-hybridized carbons (Fsp3) is 0.500. The van der Waals surface area contributed by atoms with Gasteiger partial charge in [-0.2, -0.15) is 0 Å². The second-order valence-corrected chi connectivity index (χ2v) is 5.72. The van der Waals surface area contributed by atoms with Crippen LogP contribution in [0.3, 0.4) is 0 Å². The SMILES string of the molecule is C[C@H]1CCCCN1CC(=O)Nc1cc(Cl)ccc1[N+](=O)[O-]. The minimum atomic E-state index is -0.532. The second kappa shape index (κ2) is 6.87. The van der Waals surface area contributed by atoms with E-state index in [4.69, 9.17) is 11.6 Å². The van der Waals surface area contributed by atoms with Gasteiger partial charge in [0.1, 0.15) is 5.69 Å². The maximum absolute atomic E-state index is 12.1. The Labute approximate surface area is 128 Å². The molecule has 1 amide bonds. The molecule has 0 aliphatic carbocycles. The third kappa shape index (κ3) is 4.15. The summed E-state index contributed by atoms with van der Waals surface area (Å²) in [5, 5.41) is 13.9. The molecule has 1 atom stereocenters. The van der Waals surface area contributed by atoms with Crippen LogP contribution in [0, 0.1) is 10.1 Å². The van der Waals surface area contributed by atoms with E-state index in [0.29, 0.717) is 11.1 Å². The highest BCUT2D eigenvalue weighted by molar-refractivity contribution is 6.31. The number of piperidine rings is 1. The molecular weight excluding hydrogens is 294 g/mol. The first-order valence-corrected chi connectivity index (χ1v) is 7.33. The highest BCUT2D eigenvalue weighted by atomic mass is 35.5. The van der Waals surface area contributed by atoms with Crippen LogP contribution in [0.1, 0.15) is 26.2 Å². The number of carbonyl (C=O) groups excluding carboxylic acids is 1. The van der Waals surface area contributed by atoms with E-state index in [1.807, 2.05) is 0 Å². The maximum atomic E-state index is 12.1. The molecule has 0 spiro atoms. The van der Waals surface area contributed by atoms with Crippen LogP contribution in [0.5, 0.6) is 0 Å². The number of benzene rings is 1. The average Bonchev–Trinajstić information content (AvgIpc) is 2.41. The smallest absolute Gasteiger partial charge is 0.292 e. The van der Waals surface area contributed by atoms with E-state index in [-0.39, 0.29) is 23.8 Å². The van der Waals surface area contributed by atoms with E-state index in [1.54, 1.807) is 0 Å². The molecule has 1 N–H and O–H groups in total. The number of hydrogen-bond donors (Lipinski definition) is 1. The van der Waals surface area contributed by atoms with E-state index < -0.39 is 4.92 Å². The molecule has 0 unspecified atom stereocenters. The van der Waals surface area contributed by atoms with Crippen molar-refractivity contribution in [1.82, 2.24) is 4.90 Å². The van der Waals surface area contributed by atoms with Gasteiger partial charge in [0.05, 0.1) is 11.5 Å². The quantitative estimate of drug-likeness (QED) is 0.685. The lowest BCUT2D eigenvalue weighted by atomic mass is 10.0. The number of nitrogens with zero attached hydrogens (tertiary/aromatic N) is 2. The summed E-state index contributed by atoms with van der Waals surface area (Å²) in [5.74, 6) is -0.255. The van der Waals surface area contributed by atoms with Crippen LogP contribution in [0.15, 0.2) is 18.2 Å². The van der Waals surface area contributed by atoms with Gasteiger partial charge in [-0.25, -0.2) is 0 Å². The van der Waals surface area contributed by atoms with Crippen LogP contribution in [-0.4, -0.2) is 34.9 Å². The number of halogens is 1. The number of nitro benzene ring substituents is 1. The van der Waals surface area contributed by atoms with Gasteiger partial charge in [0.2, 0.25) is 5.91 Å². The number of anilines is 1. The molecule has 21 heavy (non-hydrogen) atoms. The van der Waals surface area contributed by atoms with Crippen LogP contribution < -0.4 is 5.32 Å². The molecule has 1 aromatic carbocycles. The highest BCUT2D eigenvalue weighted by Gasteiger charge is 2.22. The molecule has 7 heteroatoms. The first-order chi connectivity index (χ1) is 9.97. The summed E-state index contributed by atoms with van der Waals surface area (Å²) < 4.78 is 0. The predicted molar refractivity (Wildman–Crippen MR) is 81.6 cm³/mol. The third-order valence-electron chi connectivity index (χ3n) is 3.72. The van der Waals surface area contributed by atoms with Crippen molar-refractivity contribution in [3.63, 3.8) is 0 Å². The molecule has 1 heterocycles. The van der Waals surface area contributed by atoms with Gasteiger partial charge in [-0.15, -0.1) is 0 Å². The van der Waals surface area contributed by atoms with Crippen LogP contribution in [-0.2, 0) is 4.79 Å². The van der Waals surface area contributed by atoms with E-state index in [1.165, 1.54) is 24.6 Å². The lowest BCUT2D eigenvalue weighted by molar-refractivity contribution is -0.383. The van der Waals surface area contributed by atoms with E-state index in [2.05, 4.69) is 17.1 Å².